The van der Waals surface area contributed by atoms with Crippen molar-refractivity contribution in [2.45, 2.75) is 25.2 Å². The Morgan fingerprint density at radius 2 is 1.74 bits per heavy atom. The maximum atomic E-state index is 11.0. The highest BCUT2D eigenvalue weighted by molar-refractivity contribution is 5.89. The molecule has 0 amide bonds. The van der Waals surface area contributed by atoms with Crippen molar-refractivity contribution in [3.8, 4) is 11.1 Å². The standard InChI is InChI=1S/C17H16O2/c18-17(19)16-6-2-5-15(11-16)14-9-7-13(8-10-14)12-3-1-4-12/h2,5-12H,1,3-4H2,(H,18,19). The second-order valence-electron chi connectivity index (χ2n) is 5.14. The highest BCUT2D eigenvalue weighted by Gasteiger charge is 2.19. The van der Waals surface area contributed by atoms with Gasteiger partial charge in [0, 0.05) is 0 Å². The van der Waals surface area contributed by atoms with E-state index in [0.717, 1.165) is 17.0 Å². The molecule has 0 heterocycles. The molecule has 0 radical (unpaired) electrons. The van der Waals surface area contributed by atoms with Crippen molar-refractivity contribution >= 4 is 5.97 Å². The maximum Gasteiger partial charge on any atom is 0.335 e. The summed E-state index contributed by atoms with van der Waals surface area (Å²) in [5.74, 6) is -0.146. The molecule has 3 rings (SSSR count). The Labute approximate surface area is 112 Å². The second kappa shape index (κ2) is 4.88. The van der Waals surface area contributed by atoms with E-state index in [1.165, 1.54) is 24.8 Å². The van der Waals surface area contributed by atoms with E-state index < -0.39 is 5.97 Å². The molecule has 2 heteroatoms. The molecule has 1 N–H and O–H groups in total. The van der Waals surface area contributed by atoms with Gasteiger partial charge < -0.3 is 5.11 Å². The van der Waals surface area contributed by atoms with Crippen molar-refractivity contribution in [1.29, 1.82) is 0 Å². The summed E-state index contributed by atoms with van der Waals surface area (Å²) in [4.78, 5) is 11.0. The Balaban J connectivity index is 1.89. The molecule has 1 aliphatic rings. The first-order valence-corrected chi connectivity index (χ1v) is 6.68. The van der Waals surface area contributed by atoms with E-state index in [0.29, 0.717) is 5.56 Å². The van der Waals surface area contributed by atoms with E-state index in [4.69, 9.17) is 5.11 Å². The van der Waals surface area contributed by atoms with Gasteiger partial charge in [-0.1, -0.05) is 42.8 Å². The SMILES string of the molecule is O=C(O)c1cccc(-c2ccc(C3CCC3)cc2)c1. The molecule has 0 saturated heterocycles. The topological polar surface area (TPSA) is 37.3 Å². The molecule has 96 valence electrons. The van der Waals surface area contributed by atoms with Crippen LogP contribution in [0.3, 0.4) is 0 Å². The molecular weight excluding hydrogens is 236 g/mol. The maximum absolute atomic E-state index is 11.0. The molecule has 1 saturated carbocycles. The van der Waals surface area contributed by atoms with Crippen LogP contribution in [-0.2, 0) is 0 Å². The van der Waals surface area contributed by atoms with Gasteiger partial charge in [-0.15, -0.1) is 0 Å². The summed E-state index contributed by atoms with van der Waals surface area (Å²) in [5.41, 5.74) is 3.77. The Kier molecular flexibility index (Phi) is 3.08. The summed E-state index contributed by atoms with van der Waals surface area (Å²) in [7, 11) is 0. The molecular formula is C17H16O2. The quantitative estimate of drug-likeness (QED) is 0.883. The average Bonchev–Trinajstić information content (AvgIpc) is 2.38. The first-order valence-electron chi connectivity index (χ1n) is 6.68. The van der Waals surface area contributed by atoms with Gasteiger partial charge in [0.2, 0.25) is 0 Å². The Morgan fingerprint density at radius 3 is 2.32 bits per heavy atom. The normalized spacial score (nSPS) is 14.9. The number of carboxylic acid groups (broad SMARTS) is 1. The van der Waals surface area contributed by atoms with Crippen LogP contribution in [-0.4, -0.2) is 11.1 Å². The van der Waals surface area contributed by atoms with E-state index in [-0.39, 0.29) is 0 Å². The first kappa shape index (κ1) is 12.0. The summed E-state index contributed by atoms with van der Waals surface area (Å²) in [6.07, 6.45) is 3.94. The molecule has 0 atom stereocenters. The van der Waals surface area contributed by atoms with Gasteiger partial charge in [-0.05, 0) is 47.6 Å². The van der Waals surface area contributed by atoms with Crippen molar-refractivity contribution < 1.29 is 9.90 Å². The molecule has 0 spiro atoms. The minimum Gasteiger partial charge on any atom is -0.478 e. The van der Waals surface area contributed by atoms with Crippen LogP contribution >= 0.6 is 0 Å². The lowest BCUT2D eigenvalue weighted by atomic mass is 9.80. The zero-order valence-corrected chi connectivity index (χ0v) is 10.7. The first-order chi connectivity index (χ1) is 9.24. The lowest BCUT2D eigenvalue weighted by Gasteiger charge is -2.25. The van der Waals surface area contributed by atoms with Gasteiger partial charge in [-0.2, -0.15) is 0 Å². The fourth-order valence-electron chi connectivity index (χ4n) is 2.52. The van der Waals surface area contributed by atoms with E-state index in [2.05, 4.69) is 24.3 Å². The zero-order valence-electron chi connectivity index (χ0n) is 10.7. The highest BCUT2D eigenvalue weighted by atomic mass is 16.4. The van der Waals surface area contributed by atoms with Gasteiger partial charge in [-0.25, -0.2) is 4.79 Å². The number of hydrogen-bond acceptors (Lipinski definition) is 1. The van der Waals surface area contributed by atoms with E-state index in [9.17, 15) is 4.79 Å². The predicted octanol–water partition coefficient (Wildman–Crippen LogP) is 4.32. The number of carbonyl (C=O) groups is 1. The van der Waals surface area contributed by atoms with Crippen molar-refractivity contribution in [2.24, 2.45) is 0 Å². The van der Waals surface area contributed by atoms with Crippen LogP contribution in [0.4, 0.5) is 0 Å². The Morgan fingerprint density at radius 1 is 1.00 bits per heavy atom. The smallest absolute Gasteiger partial charge is 0.335 e. The highest BCUT2D eigenvalue weighted by Crippen LogP contribution is 2.36. The monoisotopic (exact) mass is 252 g/mol. The average molecular weight is 252 g/mol. The van der Waals surface area contributed by atoms with Crippen molar-refractivity contribution in [3.63, 3.8) is 0 Å². The van der Waals surface area contributed by atoms with Crippen LogP contribution in [0.25, 0.3) is 11.1 Å². The van der Waals surface area contributed by atoms with Crippen molar-refractivity contribution in [3.05, 3.63) is 59.7 Å². The molecule has 0 aliphatic heterocycles. The van der Waals surface area contributed by atoms with Crippen LogP contribution in [0.1, 0.15) is 41.1 Å². The van der Waals surface area contributed by atoms with Crippen LogP contribution in [0.2, 0.25) is 0 Å². The molecule has 1 fully saturated rings. The minimum atomic E-state index is -0.882. The van der Waals surface area contributed by atoms with Gasteiger partial charge in [0.1, 0.15) is 0 Å². The largest absolute Gasteiger partial charge is 0.478 e. The van der Waals surface area contributed by atoms with Crippen LogP contribution in [0.15, 0.2) is 48.5 Å². The fraction of sp³-hybridized carbons (Fsp3) is 0.235. The number of carboxylic acids is 1. The van der Waals surface area contributed by atoms with E-state index >= 15 is 0 Å². The van der Waals surface area contributed by atoms with E-state index in [1.54, 1.807) is 18.2 Å². The van der Waals surface area contributed by atoms with Crippen LogP contribution in [0, 0.1) is 0 Å². The number of rotatable bonds is 3. The lowest BCUT2D eigenvalue weighted by molar-refractivity contribution is 0.0697. The summed E-state index contributed by atoms with van der Waals surface area (Å²) in [6.45, 7) is 0. The predicted molar refractivity (Wildman–Crippen MR) is 75.4 cm³/mol. The molecule has 0 bridgehead atoms. The number of aromatic carboxylic acids is 1. The summed E-state index contributed by atoms with van der Waals surface area (Å²) in [5, 5.41) is 9.01. The van der Waals surface area contributed by atoms with Gasteiger partial charge >= 0.3 is 5.97 Å². The lowest BCUT2D eigenvalue weighted by Crippen LogP contribution is -2.08. The summed E-state index contributed by atoms with van der Waals surface area (Å²) in [6, 6.07) is 15.6. The Bertz CT molecular complexity index is 595. The fourth-order valence-corrected chi connectivity index (χ4v) is 2.52. The van der Waals surface area contributed by atoms with Crippen molar-refractivity contribution in [1.82, 2.24) is 0 Å². The molecule has 2 aromatic carbocycles. The summed E-state index contributed by atoms with van der Waals surface area (Å²) < 4.78 is 0. The number of hydrogen-bond donors (Lipinski definition) is 1. The molecule has 2 aromatic rings. The van der Waals surface area contributed by atoms with Crippen molar-refractivity contribution in [2.75, 3.05) is 0 Å². The van der Waals surface area contributed by atoms with Crippen LogP contribution < -0.4 is 0 Å². The third-order valence-electron chi connectivity index (χ3n) is 3.93. The zero-order chi connectivity index (χ0) is 13.2. The number of benzene rings is 2. The van der Waals surface area contributed by atoms with Gasteiger partial charge in [0.05, 0.1) is 5.56 Å². The molecule has 2 nitrogen and oxygen atoms in total. The summed E-state index contributed by atoms with van der Waals surface area (Å²) >= 11 is 0. The Hall–Kier alpha value is -2.09. The van der Waals surface area contributed by atoms with E-state index in [1.807, 2.05) is 6.07 Å². The van der Waals surface area contributed by atoms with Crippen LogP contribution in [0.5, 0.6) is 0 Å². The molecule has 1 aliphatic carbocycles. The molecule has 19 heavy (non-hydrogen) atoms. The van der Waals surface area contributed by atoms with Gasteiger partial charge in [0.15, 0.2) is 0 Å². The van der Waals surface area contributed by atoms with Gasteiger partial charge in [-0.3, -0.25) is 0 Å². The van der Waals surface area contributed by atoms with Gasteiger partial charge in [0.25, 0.3) is 0 Å². The third-order valence-corrected chi connectivity index (χ3v) is 3.93. The second-order valence-corrected chi connectivity index (χ2v) is 5.14. The molecule has 0 unspecified atom stereocenters. The third kappa shape index (κ3) is 2.39. The molecule has 0 aromatic heterocycles. The minimum absolute atomic E-state index is 0.334.